The van der Waals surface area contributed by atoms with E-state index in [0.717, 1.165) is 25.3 Å². The SMILES string of the molecule is C=CC(=O)OC(C=O)CCCCC(C)C. The zero-order valence-electron chi connectivity index (χ0n) is 9.57. The highest BCUT2D eigenvalue weighted by molar-refractivity contribution is 5.82. The van der Waals surface area contributed by atoms with Crippen molar-refractivity contribution in [2.75, 3.05) is 0 Å². The number of carbonyl (C=O) groups is 2. The highest BCUT2D eigenvalue weighted by Crippen LogP contribution is 2.10. The van der Waals surface area contributed by atoms with E-state index in [1.54, 1.807) is 0 Å². The average Bonchev–Trinajstić information content (AvgIpc) is 2.21. The van der Waals surface area contributed by atoms with E-state index >= 15 is 0 Å². The molecular formula is C12H20O3. The Morgan fingerprint density at radius 1 is 1.33 bits per heavy atom. The Morgan fingerprint density at radius 3 is 2.40 bits per heavy atom. The molecule has 0 rings (SSSR count). The highest BCUT2D eigenvalue weighted by atomic mass is 16.5. The van der Waals surface area contributed by atoms with E-state index in [9.17, 15) is 9.59 Å². The van der Waals surface area contributed by atoms with Gasteiger partial charge in [0.25, 0.3) is 0 Å². The van der Waals surface area contributed by atoms with Gasteiger partial charge in [-0.2, -0.15) is 0 Å². The Bertz CT molecular complexity index is 209. The molecule has 0 N–H and O–H groups in total. The molecule has 1 unspecified atom stereocenters. The monoisotopic (exact) mass is 212 g/mol. The van der Waals surface area contributed by atoms with Gasteiger partial charge in [0.15, 0.2) is 12.4 Å². The quantitative estimate of drug-likeness (QED) is 0.269. The Hall–Kier alpha value is -1.12. The first kappa shape index (κ1) is 13.9. The number of carbonyl (C=O) groups excluding carboxylic acids is 2. The third-order valence-corrected chi connectivity index (χ3v) is 2.11. The van der Waals surface area contributed by atoms with Crippen LogP contribution in [0.15, 0.2) is 12.7 Å². The predicted molar refractivity (Wildman–Crippen MR) is 59.4 cm³/mol. The second-order valence-corrected chi connectivity index (χ2v) is 3.99. The van der Waals surface area contributed by atoms with Crippen molar-refractivity contribution in [3.63, 3.8) is 0 Å². The summed E-state index contributed by atoms with van der Waals surface area (Å²) in [5.74, 6) is 0.145. The molecule has 15 heavy (non-hydrogen) atoms. The number of esters is 1. The van der Waals surface area contributed by atoms with Crippen LogP contribution >= 0.6 is 0 Å². The molecule has 0 aromatic rings. The summed E-state index contributed by atoms with van der Waals surface area (Å²) in [6.07, 6.45) is 4.86. The van der Waals surface area contributed by atoms with Gasteiger partial charge in [-0.15, -0.1) is 0 Å². The van der Waals surface area contributed by atoms with Gasteiger partial charge < -0.3 is 4.74 Å². The van der Waals surface area contributed by atoms with Gasteiger partial charge >= 0.3 is 5.97 Å². The molecule has 3 nitrogen and oxygen atoms in total. The molecule has 3 heteroatoms. The number of hydrogen-bond acceptors (Lipinski definition) is 3. The van der Waals surface area contributed by atoms with Crippen LogP contribution in [0.5, 0.6) is 0 Å². The molecule has 86 valence electrons. The maximum absolute atomic E-state index is 10.8. The van der Waals surface area contributed by atoms with Crippen LogP contribution in [-0.4, -0.2) is 18.4 Å². The van der Waals surface area contributed by atoms with Gasteiger partial charge in [-0.25, -0.2) is 4.79 Å². The molecule has 0 aromatic carbocycles. The number of ether oxygens (including phenoxy) is 1. The molecule has 0 fully saturated rings. The van der Waals surface area contributed by atoms with E-state index in [2.05, 4.69) is 20.4 Å². The molecule has 0 aliphatic heterocycles. The summed E-state index contributed by atoms with van der Waals surface area (Å²) in [6.45, 7) is 7.60. The van der Waals surface area contributed by atoms with E-state index in [1.807, 2.05) is 0 Å². The molecule has 1 atom stereocenters. The van der Waals surface area contributed by atoms with Crippen molar-refractivity contribution < 1.29 is 14.3 Å². The summed E-state index contributed by atoms with van der Waals surface area (Å²) in [6, 6.07) is 0. The van der Waals surface area contributed by atoms with Crippen molar-refractivity contribution in [1.29, 1.82) is 0 Å². The lowest BCUT2D eigenvalue weighted by Crippen LogP contribution is -2.18. The van der Waals surface area contributed by atoms with Gasteiger partial charge in [-0.3, -0.25) is 4.79 Å². The first-order chi connectivity index (χ1) is 7.10. The lowest BCUT2D eigenvalue weighted by molar-refractivity contribution is -0.146. The smallest absolute Gasteiger partial charge is 0.330 e. The molecule has 0 aliphatic carbocycles. The fourth-order valence-corrected chi connectivity index (χ4v) is 1.25. The van der Waals surface area contributed by atoms with Crippen molar-refractivity contribution in [2.24, 2.45) is 5.92 Å². The molecule has 0 spiro atoms. The summed E-state index contributed by atoms with van der Waals surface area (Å²) >= 11 is 0. The van der Waals surface area contributed by atoms with E-state index in [0.29, 0.717) is 18.6 Å². The van der Waals surface area contributed by atoms with Crippen molar-refractivity contribution in [2.45, 2.75) is 45.6 Å². The average molecular weight is 212 g/mol. The summed E-state index contributed by atoms with van der Waals surface area (Å²) in [7, 11) is 0. The number of hydrogen-bond donors (Lipinski definition) is 0. The van der Waals surface area contributed by atoms with Gasteiger partial charge in [-0.05, 0) is 18.8 Å². The van der Waals surface area contributed by atoms with Gasteiger partial charge in [0, 0.05) is 6.08 Å². The molecule has 0 aliphatic rings. The van der Waals surface area contributed by atoms with Crippen LogP contribution in [-0.2, 0) is 14.3 Å². The van der Waals surface area contributed by atoms with Crippen LogP contribution < -0.4 is 0 Å². The molecule has 0 heterocycles. The molecule has 0 saturated carbocycles. The Labute approximate surface area is 91.5 Å². The number of rotatable bonds is 8. The minimum atomic E-state index is -0.609. The van der Waals surface area contributed by atoms with Crippen molar-refractivity contribution in [3.05, 3.63) is 12.7 Å². The van der Waals surface area contributed by atoms with Gasteiger partial charge in [0.2, 0.25) is 0 Å². The maximum Gasteiger partial charge on any atom is 0.330 e. The number of aldehydes is 1. The normalized spacial score (nSPS) is 12.2. The first-order valence-corrected chi connectivity index (χ1v) is 5.38. The summed E-state index contributed by atoms with van der Waals surface area (Å²) < 4.78 is 4.83. The van der Waals surface area contributed by atoms with Crippen LogP contribution in [0.4, 0.5) is 0 Å². The topological polar surface area (TPSA) is 43.4 Å². The molecule has 0 bridgehead atoms. The van der Waals surface area contributed by atoms with E-state index in [1.165, 1.54) is 0 Å². The zero-order valence-corrected chi connectivity index (χ0v) is 9.57. The molecule has 0 radical (unpaired) electrons. The largest absolute Gasteiger partial charge is 0.452 e. The summed E-state index contributed by atoms with van der Waals surface area (Å²) in [5.41, 5.74) is 0. The highest BCUT2D eigenvalue weighted by Gasteiger charge is 2.10. The fourth-order valence-electron chi connectivity index (χ4n) is 1.25. The minimum absolute atomic E-state index is 0.532. The third kappa shape index (κ3) is 7.91. The van der Waals surface area contributed by atoms with Crippen LogP contribution in [0.1, 0.15) is 39.5 Å². The molecular weight excluding hydrogens is 192 g/mol. The Kier molecular flexibility index (Phi) is 7.60. The standard InChI is InChI=1S/C12H20O3/c1-4-12(14)15-11(9-13)8-6-5-7-10(2)3/h4,9-11H,1,5-8H2,2-3H3. The van der Waals surface area contributed by atoms with Crippen molar-refractivity contribution in [3.8, 4) is 0 Å². The van der Waals surface area contributed by atoms with E-state index in [4.69, 9.17) is 4.74 Å². The molecule has 0 amide bonds. The lowest BCUT2D eigenvalue weighted by atomic mass is 10.0. The van der Waals surface area contributed by atoms with E-state index < -0.39 is 12.1 Å². The third-order valence-electron chi connectivity index (χ3n) is 2.11. The van der Waals surface area contributed by atoms with Crippen LogP contribution in [0, 0.1) is 5.92 Å². The van der Waals surface area contributed by atoms with Gasteiger partial charge in [0.1, 0.15) is 0 Å². The van der Waals surface area contributed by atoms with Crippen LogP contribution in [0.25, 0.3) is 0 Å². The maximum atomic E-state index is 10.8. The Morgan fingerprint density at radius 2 is 1.93 bits per heavy atom. The minimum Gasteiger partial charge on any atom is -0.452 e. The molecule has 0 saturated heterocycles. The summed E-state index contributed by atoms with van der Waals surface area (Å²) in [4.78, 5) is 21.4. The van der Waals surface area contributed by atoms with Crippen molar-refractivity contribution >= 4 is 12.3 Å². The van der Waals surface area contributed by atoms with Crippen molar-refractivity contribution in [1.82, 2.24) is 0 Å². The molecule has 0 aromatic heterocycles. The number of unbranched alkanes of at least 4 members (excludes halogenated alkanes) is 1. The van der Waals surface area contributed by atoms with Gasteiger partial charge in [0.05, 0.1) is 0 Å². The van der Waals surface area contributed by atoms with Crippen LogP contribution in [0.3, 0.4) is 0 Å². The predicted octanol–water partition coefficient (Wildman–Crippen LogP) is 2.50. The lowest BCUT2D eigenvalue weighted by Gasteiger charge is -2.10. The zero-order chi connectivity index (χ0) is 11.7. The Balaban J connectivity index is 3.66. The fraction of sp³-hybridized carbons (Fsp3) is 0.667. The van der Waals surface area contributed by atoms with Gasteiger partial charge in [-0.1, -0.05) is 33.3 Å². The first-order valence-electron chi connectivity index (χ1n) is 5.38. The van der Waals surface area contributed by atoms with E-state index in [-0.39, 0.29) is 0 Å². The second kappa shape index (κ2) is 8.21. The van der Waals surface area contributed by atoms with Crippen LogP contribution in [0.2, 0.25) is 0 Å². The summed E-state index contributed by atoms with van der Waals surface area (Å²) in [5, 5.41) is 0. The second-order valence-electron chi connectivity index (χ2n) is 3.99.